The van der Waals surface area contributed by atoms with Gasteiger partial charge in [-0.15, -0.1) is 11.8 Å². The predicted molar refractivity (Wildman–Crippen MR) is 66.6 cm³/mol. The Morgan fingerprint density at radius 1 is 1.38 bits per heavy atom. The second-order valence-electron chi connectivity index (χ2n) is 3.96. The molecular weight excluding hydrogens is 222 g/mol. The van der Waals surface area contributed by atoms with Crippen molar-refractivity contribution < 1.29 is 9.47 Å². The number of hydrogen-bond donors (Lipinski definition) is 1. The topological polar surface area (TPSA) is 44.5 Å². The summed E-state index contributed by atoms with van der Waals surface area (Å²) in [5, 5.41) is 0. The van der Waals surface area contributed by atoms with Crippen molar-refractivity contribution in [1.29, 1.82) is 0 Å². The monoisotopic (exact) mass is 239 g/mol. The number of hydrogen-bond acceptors (Lipinski definition) is 4. The van der Waals surface area contributed by atoms with Crippen LogP contribution in [0.1, 0.15) is 12.5 Å². The van der Waals surface area contributed by atoms with Crippen LogP contribution in [0.4, 0.5) is 0 Å². The lowest BCUT2D eigenvalue weighted by Gasteiger charge is -2.22. The van der Waals surface area contributed by atoms with Gasteiger partial charge in [-0.3, -0.25) is 0 Å². The van der Waals surface area contributed by atoms with Gasteiger partial charge in [0.1, 0.15) is 13.2 Å². The van der Waals surface area contributed by atoms with Crippen molar-refractivity contribution in [2.45, 2.75) is 24.3 Å². The van der Waals surface area contributed by atoms with E-state index in [0.29, 0.717) is 13.2 Å². The fourth-order valence-corrected chi connectivity index (χ4v) is 2.62. The molecular formula is C12H17NO2S. The van der Waals surface area contributed by atoms with E-state index in [1.807, 2.05) is 13.0 Å². The molecule has 16 heavy (non-hydrogen) atoms. The van der Waals surface area contributed by atoms with Gasteiger partial charge < -0.3 is 15.2 Å². The molecule has 0 saturated carbocycles. The van der Waals surface area contributed by atoms with Crippen molar-refractivity contribution in [2.75, 3.05) is 19.5 Å². The van der Waals surface area contributed by atoms with E-state index in [1.165, 1.54) is 5.56 Å². The van der Waals surface area contributed by atoms with E-state index in [2.05, 4.69) is 12.3 Å². The Kier molecular flexibility index (Phi) is 3.61. The molecule has 1 aromatic carbocycles. The zero-order valence-corrected chi connectivity index (χ0v) is 10.5. The minimum absolute atomic E-state index is 0.161. The summed E-state index contributed by atoms with van der Waals surface area (Å²) in [5.74, 6) is 1.74. The van der Waals surface area contributed by atoms with E-state index in [4.69, 9.17) is 15.2 Å². The van der Waals surface area contributed by atoms with Crippen LogP contribution in [0.15, 0.2) is 17.0 Å². The van der Waals surface area contributed by atoms with E-state index in [-0.39, 0.29) is 6.04 Å². The number of fused-ring (bicyclic) bond motifs is 1. The van der Waals surface area contributed by atoms with Gasteiger partial charge in [-0.1, -0.05) is 6.07 Å². The Hall–Kier alpha value is -0.870. The zero-order chi connectivity index (χ0) is 11.5. The Labute approximate surface area is 100 Å². The van der Waals surface area contributed by atoms with Gasteiger partial charge in [0, 0.05) is 6.04 Å². The number of benzene rings is 1. The molecule has 0 amide bonds. The molecule has 0 aromatic heterocycles. The molecule has 1 unspecified atom stereocenters. The molecule has 1 atom stereocenters. The van der Waals surface area contributed by atoms with Crippen LogP contribution in [-0.4, -0.2) is 25.5 Å². The fourth-order valence-electron chi connectivity index (χ4n) is 1.86. The molecule has 0 fully saturated rings. The van der Waals surface area contributed by atoms with Gasteiger partial charge in [0.15, 0.2) is 11.5 Å². The van der Waals surface area contributed by atoms with Gasteiger partial charge in [0.2, 0.25) is 0 Å². The molecule has 2 N–H and O–H groups in total. The first kappa shape index (κ1) is 11.6. The average molecular weight is 239 g/mol. The summed E-state index contributed by atoms with van der Waals surface area (Å²) in [6.07, 6.45) is 2.92. The minimum atomic E-state index is 0.161. The third-order valence-electron chi connectivity index (χ3n) is 2.49. The Balaban J connectivity index is 2.39. The van der Waals surface area contributed by atoms with E-state index < -0.39 is 0 Å². The maximum Gasteiger partial charge on any atom is 0.175 e. The molecule has 1 heterocycles. The summed E-state index contributed by atoms with van der Waals surface area (Å²) in [6, 6.07) is 4.22. The summed E-state index contributed by atoms with van der Waals surface area (Å²) < 4.78 is 11.2. The average Bonchev–Trinajstić information content (AvgIpc) is 2.28. The van der Waals surface area contributed by atoms with Crippen LogP contribution in [0.5, 0.6) is 11.5 Å². The summed E-state index contributed by atoms with van der Waals surface area (Å²) >= 11 is 1.69. The molecule has 1 aromatic rings. The van der Waals surface area contributed by atoms with Crippen molar-refractivity contribution in [2.24, 2.45) is 5.73 Å². The number of rotatable bonds is 3. The second kappa shape index (κ2) is 4.97. The Bertz CT molecular complexity index is 380. The molecule has 1 aliphatic heterocycles. The van der Waals surface area contributed by atoms with Gasteiger partial charge in [0.25, 0.3) is 0 Å². The van der Waals surface area contributed by atoms with Crippen LogP contribution in [0.25, 0.3) is 0 Å². The standard InChI is InChI=1S/C12H17NO2S/c1-8(13)7-9-3-4-10-11(12(9)16-2)15-6-5-14-10/h3-4,8H,5-7,13H2,1-2H3. The van der Waals surface area contributed by atoms with E-state index in [1.54, 1.807) is 11.8 Å². The van der Waals surface area contributed by atoms with Crippen LogP contribution in [0.2, 0.25) is 0 Å². The van der Waals surface area contributed by atoms with Crippen LogP contribution >= 0.6 is 11.8 Å². The van der Waals surface area contributed by atoms with Crippen LogP contribution in [0.3, 0.4) is 0 Å². The molecule has 88 valence electrons. The quantitative estimate of drug-likeness (QED) is 0.820. The highest BCUT2D eigenvalue weighted by Crippen LogP contribution is 2.41. The van der Waals surface area contributed by atoms with Crippen LogP contribution in [0, 0.1) is 0 Å². The van der Waals surface area contributed by atoms with Crippen molar-refractivity contribution in [3.05, 3.63) is 17.7 Å². The highest BCUT2D eigenvalue weighted by atomic mass is 32.2. The summed E-state index contributed by atoms with van der Waals surface area (Å²) in [6.45, 7) is 3.27. The summed E-state index contributed by atoms with van der Waals surface area (Å²) in [4.78, 5) is 1.16. The lowest BCUT2D eigenvalue weighted by molar-refractivity contribution is 0.167. The van der Waals surface area contributed by atoms with E-state index >= 15 is 0 Å². The van der Waals surface area contributed by atoms with Crippen molar-refractivity contribution in [3.63, 3.8) is 0 Å². The summed E-state index contributed by atoms with van der Waals surface area (Å²) in [7, 11) is 0. The van der Waals surface area contributed by atoms with Gasteiger partial charge in [-0.25, -0.2) is 0 Å². The van der Waals surface area contributed by atoms with E-state index in [0.717, 1.165) is 22.8 Å². The Morgan fingerprint density at radius 3 is 2.81 bits per heavy atom. The summed E-state index contributed by atoms with van der Waals surface area (Å²) in [5.41, 5.74) is 7.09. The maximum atomic E-state index is 5.84. The van der Waals surface area contributed by atoms with Gasteiger partial charge >= 0.3 is 0 Å². The number of thioether (sulfide) groups is 1. The molecule has 0 spiro atoms. The van der Waals surface area contributed by atoms with Crippen molar-refractivity contribution in [3.8, 4) is 11.5 Å². The number of nitrogens with two attached hydrogens (primary N) is 1. The second-order valence-corrected chi connectivity index (χ2v) is 4.78. The van der Waals surface area contributed by atoms with Crippen molar-refractivity contribution >= 4 is 11.8 Å². The minimum Gasteiger partial charge on any atom is -0.486 e. The highest BCUT2D eigenvalue weighted by Gasteiger charge is 2.19. The first-order valence-corrected chi connectivity index (χ1v) is 6.66. The molecule has 2 rings (SSSR count). The lowest BCUT2D eigenvalue weighted by atomic mass is 10.1. The SMILES string of the molecule is CSc1c(CC(C)N)ccc2c1OCCO2. The molecule has 0 radical (unpaired) electrons. The van der Waals surface area contributed by atoms with Crippen LogP contribution < -0.4 is 15.2 Å². The van der Waals surface area contributed by atoms with Gasteiger partial charge in [0.05, 0.1) is 4.90 Å². The molecule has 0 aliphatic carbocycles. The maximum absolute atomic E-state index is 5.84. The smallest absolute Gasteiger partial charge is 0.175 e. The third kappa shape index (κ3) is 2.28. The normalized spacial score (nSPS) is 15.9. The molecule has 0 bridgehead atoms. The first-order valence-electron chi connectivity index (χ1n) is 5.43. The van der Waals surface area contributed by atoms with Gasteiger partial charge in [-0.05, 0) is 31.2 Å². The van der Waals surface area contributed by atoms with Crippen LogP contribution in [-0.2, 0) is 6.42 Å². The molecule has 0 saturated heterocycles. The highest BCUT2D eigenvalue weighted by molar-refractivity contribution is 7.98. The first-order chi connectivity index (χ1) is 7.72. The molecule has 3 nitrogen and oxygen atoms in total. The largest absolute Gasteiger partial charge is 0.486 e. The molecule has 1 aliphatic rings. The zero-order valence-electron chi connectivity index (χ0n) is 9.66. The fraction of sp³-hybridized carbons (Fsp3) is 0.500. The predicted octanol–water partition coefficient (Wildman–Crippen LogP) is 2.07. The van der Waals surface area contributed by atoms with Gasteiger partial charge in [-0.2, -0.15) is 0 Å². The number of ether oxygens (including phenoxy) is 2. The van der Waals surface area contributed by atoms with E-state index in [9.17, 15) is 0 Å². The third-order valence-corrected chi connectivity index (χ3v) is 3.35. The molecule has 4 heteroatoms. The van der Waals surface area contributed by atoms with Crippen molar-refractivity contribution in [1.82, 2.24) is 0 Å². The lowest BCUT2D eigenvalue weighted by Crippen LogP contribution is -2.20. The Morgan fingerprint density at radius 2 is 2.12 bits per heavy atom.